The van der Waals surface area contributed by atoms with E-state index in [-0.39, 0.29) is 24.2 Å². The van der Waals surface area contributed by atoms with E-state index in [1.165, 1.54) is 0 Å². The number of anilines is 1. The van der Waals surface area contributed by atoms with Crippen molar-refractivity contribution >= 4 is 23.3 Å². The molecule has 3 aliphatic rings. The number of carbonyl (C=O) groups is 1. The minimum Gasteiger partial charge on any atom is -0.490 e. The number of halogens is 1. The van der Waals surface area contributed by atoms with Crippen LogP contribution in [-0.2, 0) is 0 Å². The number of nitriles is 1. The van der Waals surface area contributed by atoms with Crippen LogP contribution in [0.2, 0.25) is 5.02 Å². The highest BCUT2D eigenvalue weighted by molar-refractivity contribution is 6.31. The van der Waals surface area contributed by atoms with E-state index in [1.54, 1.807) is 24.3 Å². The van der Waals surface area contributed by atoms with E-state index < -0.39 is 0 Å². The van der Waals surface area contributed by atoms with Crippen LogP contribution < -0.4 is 15.0 Å². The number of amides is 1. The van der Waals surface area contributed by atoms with Gasteiger partial charge in [0.2, 0.25) is 0 Å². The normalized spacial score (nSPS) is 24.9. The lowest BCUT2D eigenvalue weighted by molar-refractivity contribution is 0.0576. The molecule has 2 N–H and O–H groups in total. The monoisotopic (exact) mass is 552 g/mol. The number of benzene rings is 1. The van der Waals surface area contributed by atoms with Crippen LogP contribution in [0.15, 0.2) is 30.3 Å². The minimum absolute atomic E-state index is 0.0518. The molecule has 3 fully saturated rings. The molecule has 2 saturated heterocycles. The van der Waals surface area contributed by atoms with Crippen molar-refractivity contribution in [2.45, 2.75) is 82.1 Å². The number of hydrogen-bond donors (Lipinski definition) is 2. The number of nitrogens with zero attached hydrogens (tertiary/aromatic N) is 5. The van der Waals surface area contributed by atoms with Crippen LogP contribution in [0.3, 0.4) is 0 Å². The third kappa shape index (κ3) is 7.18. The van der Waals surface area contributed by atoms with Crippen molar-refractivity contribution in [3.8, 4) is 11.8 Å². The van der Waals surface area contributed by atoms with E-state index in [2.05, 4.69) is 31.4 Å². The summed E-state index contributed by atoms with van der Waals surface area (Å²) in [6.45, 7) is 3.82. The third-order valence-corrected chi connectivity index (χ3v) is 8.61. The molecule has 0 spiro atoms. The lowest BCUT2D eigenvalue weighted by Gasteiger charge is -2.35. The Bertz CT molecular complexity index is 1160. The molecule has 5 rings (SSSR count). The average Bonchev–Trinajstić information content (AvgIpc) is 3.21. The number of aliphatic hydroxyl groups is 1. The Hall–Kier alpha value is -2.93. The molecular weight excluding hydrogens is 516 g/mol. The average molecular weight is 553 g/mol. The smallest absolute Gasteiger partial charge is 0.272 e. The Balaban J connectivity index is 1.07. The molecule has 208 valence electrons. The first-order chi connectivity index (χ1) is 19.0. The number of ether oxygens (including phenoxy) is 1. The number of rotatable bonds is 6. The van der Waals surface area contributed by atoms with E-state index >= 15 is 0 Å². The summed E-state index contributed by atoms with van der Waals surface area (Å²) in [5, 5.41) is 31.0. The number of aliphatic hydroxyl groups excluding tert-OH is 1. The van der Waals surface area contributed by atoms with Gasteiger partial charge in [-0.3, -0.25) is 4.79 Å². The summed E-state index contributed by atoms with van der Waals surface area (Å²) in [5.74, 6) is 1.29. The second-order valence-electron chi connectivity index (χ2n) is 10.9. The molecule has 9 nitrogen and oxygen atoms in total. The standard InChI is InChI=1S/C29H37ClN6O3/c30-26-18-25(6-3-20(26)19-31)39-24-7-4-21(5-8-24)32-29(38)27-9-10-28(34-33-27)36-14-1-2-22(11-15-36)35-16-12-23(37)13-17-35/h3,6,9-10,18,21-24,37H,1-2,4-5,7-8,11-17H2,(H,32,38). The van der Waals surface area contributed by atoms with Gasteiger partial charge in [-0.2, -0.15) is 5.26 Å². The van der Waals surface area contributed by atoms with Crippen molar-refractivity contribution in [2.75, 3.05) is 31.1 Å². The topological polar surface area (TPSA) is 115 Å². The highest BCUT2D eigenvalue weighted by atomic mass is 35.5. The number of nitrogens with one attached hydrogen (secondary N) is 1. The summed E-state index contributed by atoms with van der Waals surface area (Å²) in [4.78, 5) is 17.7. The Kier molecular flexibility index (Phi) is 9.17. The quantitative estimate of drug-likeness (QED) is 0.554. The maximum atomic E-state index is 12.8. The lowest BCUT2D eigenvalue weighted by Crippen LogP contribution is -2.43. The molecule has 1 aromatic carbocycles. The van der Waals surface area contributed by atoms with Crippen molar-refractivity contribution in [3.63, 3.8) is 0 Å². The predicted molar refractivity (Wildman–Crippen MR) is 149 cm³/mol. The van der Waals surface area contributed by atoms with E-state index in [1.807, 2.05) is 6.07 Å². The molecular formula is C29H37ClN6O3. The van der Waals surface area contributed by atoms with Crippen molar-refractivity contribution < 1.29 is 14.6 Å². The summed E-state index contributed by atoms with van der Waals surface area (Å²) < 4.78 is 6.05. The first-order valence-electron chi connectivity index (χ1n) is 14.2. The Morgan fingerprint density at radius 3 is 2.49 bits per heavy atom. The van der Waals surface area contributed by atoms with Crippen LogP contribution in [0.25, 0.3) is 0 Å². The zero-order valence-corrected chi connectivity index (χ0v) is 23.0. The number of likely N-dealkylation sites (tertiary alicyclic amines) is 1. The van der Waals surface area contributed by atoms with Crippen LogP contribution in [0.5, 0.6) is 5.75 Å². The molecule has 2 aromatic rings. The van der Waals surface area contributed by atoms with Crippen LogP contribution in [0, 0.1) is 11.3 Å². The molecule has 0 bridgehead atoms. The fourth-order valence-electron chi connectivity index (χ4n) is 5.98. The highest BCUT2D eigenvalue weighted by Crippen LogP contribution is 2.28. The Labute approximate surface area is 235 Å². The summed E-state index contributed by atoms with van der Waals surface area (Å²) in [6.07, 6.45) is 8.26. The van der Waals surface area contributed by atoms with E-state index in [0.29, 0.717) is 28.1 Å². The molecule has 1 aliphatic carbocycles. The van der Waals surface area contributed by atoms with Gasteiger partial charge in [-0.15, -0.1) is 10.2 Å². The molecule has 0 radical (unpaired) electrons. The third-order valence-electron chi connectivity index (χ3n) is 8.29. The van der Waals surface area contributed by atoms with Gasteiger partial charge in [-0.25, -0.2) is 0 Å². The van der Waals surface area contributed by atoms with Crippen LogP contribution in [0.4, 0.5) is 5.82 Å². The highest BCUT2D eigenvalue weighted by Gasteiger charge is 2.27. The number of carbonyl (C=O) groups excluding carboxylic acids is 1. The van der Waals surface area contributed by atoms with Gasteiger partial charge in [0.15, 0.2) is 11.5 Å². The maximum Gasteiger partial charge on any atom is 0.272 e. The fourth-order valence-corrected chi connectivity index (χ4v) is 6.19. The molecule has 10 heteroatoms. The summed E-state index contributed by atoms with van der Waals surface area (Å²) in [7, 11) is 0. The van der Waals surface area contributed by atoms with Crippen LogP contribution in [-0.4, -0.2) is 76.6 Å². The van der Waals surface area contributed by atoms with Crippen molar-refractivity contribution in [3.05, 3.63) is 46.6 Å². The first kappa shape index (κ1) is 27.6. The van der Waals surface area contributed by atoms with Gasteiger partial charge in [0, 0.05) is 44.3 Å². The summed E-state index contributed by atoms with van der Waals surface area (Å²) in [6, 6.07) is 11.5. The summed E-state index contributed by atoms with van der Waals surface area (Å²) >= 11 is 6.11. The number of hydrogen-bond acceptors (Lipinski definition) is 8. The molecule has 1 aromatic heterocycles. The van der Waals surface area contributed by atoms with Crippen molar-refractivity contribution in [2.24, 2.45) is 0 Å². The number of aromatic nitrogens is 2. The van der Waals surface area contributed by atoms with Crippen LogP contribution >= 0.6 is 11.6 Å². The van der Waals surface area contributed by atoms with Gasteiger partial charge in [-0.05, 0) is 82.1 Å². The van der Waals surface area contributed by atoms with E-state index in [4.69, 9.17) is 21.6 Å². The van der Waals surface area contributed by atoms with Gasteiger partial charge in [0.25, 0.3) is 5.91 Å². The zero-order chi connectivity index (χ0) is 27.2. The number of piperidine rings is 1. The van der Waals surface area contributed by atoms with Gasteiger partial charge < -0.3 is 25.0 Å². The van der Waals surface area contributed by atoms with Gasteiger partial charge in [-0.1, -0.05) is 11.6 Å². The molecule has 2 aliphatic heterocycles. The van der Waals surface area contributed by atoms with Crippen molar-refractivity contribution in [1.82, 2.24) is 20.4 Å². The maximum absolute atomic E-state index is 12.8. The van der Waals surface area contributed by atoms with Gasteiger partial charge >= 0.3 is 0 Å². The molecule has 1 unspecified atom stereocenters. The van der Waals surface area contributed by atoms with Crippen LogP contribution in [0.1, 0.15) is 73.8 Å². The second kappa shape index (κ2) is 12.9. The second-order valence-corrected chi connectivity index (χ2v) is 11.3. The summed E-state index contributed by atoms with van der Waals surface area (Å²) in [5.41, 5.74) is 0.769. The Morgan fingerprint density at radius 2 is 1.79 bits per heavy atom. The van der Waals surface area contributed by atoms with E-state index in [0.717, 1.165) is 89.8 Å². The largest absolute Gasteiger partial charge is 0.490 e. The molecule has 1 amide bonds. The molecule has 1 saturated carbocycles. The molecule has 39 heavy (non-hydrogen) atoms. The van der Waals surface area contributed by atoms with E-state index in [9.17, 15) is 9.90 Å². The fraction of sp³-hybridized carbons (Fsp3) is 0.586. The van der Waals surface area contributed by atoms with Gasteiger partial charge in [0.1, 0.15) is 11.8 Å². The lowest BCUT2D eigenvalue weighted by atomic mass is 9.93. The predicted octanol–water partition coefficient (Wildman–Crippen LogP) is 3.94. The molecule has 1 atom stereocenters. The van der Waals surface area contributed by atoms with Crippen molar-refractivity contribution in [1.29, 1.82) is 5.26 Å². The zero-order valence-electron chi connectivity index (χ0n) is 22.3. The Morgan fingerprint density at radius 1 is 1.00 bits per heavy atom. The minimum atomic E-state index is -0.194. The first-order valence-corrected chi connectivity index (χ1v) is 14.5. The molecule has 3 heterocycles. The van der Waals surface area contributed by atoms with Gasteiger partial charge in [0.05, 0.1) is 22.8 Å². The SMILES string of the molecule is N#Cc1ccc(OC2CCC(NC(=O)c3ccc(N4CCCC(N5CCC(O)CC5)CC4)nn3)CC2)cc1Cl.